The molecule has 1 N–H and O–H groups in total. The molecule has 0 aromatic heterocycles. The molecule has 5 heteroatoms. The van der Waals surface area contributed by atoms with E-state index in [1.807, 2.05) is 32.0 Å². The Morgan fingerprint density at radius 1 is 1.10 bits per heavy atom. The molecule has 0 radical (unpaired) electrons. The summed E-state index contributed by atoms with van der Waals surface area (Å²) in [5.41, 5.74) is 1.17. The van der Waals surface area contributed by atoms with Gasteiger partial charge in [-0.15, -0.1) is 0 Å². The molecule has 0 spiro atoms. The van der Waals surface area contributed by atoms with E-state index in [4.69, 9.17) is 9.47 Å². The van der Waals surface area contributed by atoms with E-state index in [-0.39, 0.29) is 5.97 Å². The highest BCUT2D eigenvalue weighted by atomic mass is 16.5. The molecule has 0 heterocycles. The summed E-state index contributed by atoms with van der Waals surface area (Å²) in [5.74, 6) is 1.37. The summed E-state index contributed by atoms with van der Waals surface area (Å²) in [5, 5.41) is 3.22. The van der Waals surface area contributed by atoms with Crippen molar-refractivity contribution in [3.63, 3.8) is 0 Å². The number of carbonyl (C=O) groups is 1. The molecular weight excluding hydrogens is 270 g/mol. The molecule has 1 aromatic carbocycles. The molecule has 5 nitrogen and oxygen atoms in total. The molecule has 0 saturated heterocycles. The van der Waals surface area contributed by atoms with Crippen molar-refractivity contribution in [3.8, 4) is 11.5 Å². The van der Waals surface area contributed by atoms with E-state index in [9.17, 15) is 4.79 Å². The van der Waals surface area contributed by atoms with Crippen LogP contribution in [0.5, 0.6) is 11.5 Å². The van der Waals surface area contributed by atoms with Gasteiger partial charge in [0.15, 0.2) is 11.5 Å². The lowest BCUT2D eigenvalue weighted by Crippen LogP contribution is -2.21. The van der Waals surface area contributed by atoms with Crippen molar-refractivity contribution in [3.05, 3.63) is 23.8 Å². The SMILES string of the molecule is CCOc1ccc(CCNCCC(=O)OC)cc1OCC. The summed E-state index contributed by atoms with van der Waals surface area (Å²) in [6.45, 7) is 6.57. The topological polar surface area (TPSA) is 56.8 Å². The maximum absolute atomic E-state index is 11.0. The minimum atomic E-state index is -0.192. The third-order valence-corrected chi connectivity index (χ3v) is 2.93. The predicted octanol–water partition coefficient (Wildman–Crippen LogP) is 2.18. The highest BCUT2D eigenvalue weighted by Gasteiger charge is 2.06. The van der Waals surface area contributed by atoms with Crippen LogP contribution in [0, 0.1) is 0 Å². The predicted molar refractivity (Wildman–Crippen MR) is 82.0 cm³/mol. The second-order valence-corrected chi connectivity index (χ2v) is 4.47. The molecule has 0 saturated carbocycles. The normalized spacial score (nSPS) is 10.2. The molecule has 0 aliphatic carbocycles. The minimum Gasteiger partial charge on any atom is -0.490 e. The molecule has 21 heavy (non-hydrogen) atoms. The van der Waals surface area contributed by atoms with Gasteiger partial charge in [-0.25, -0.2) is 0 Å². The van der Waals surface area contributed by atoms with Crippen molar-refractivity contribution in [1.29, 1.82) is 0 Å². The maximum Gasteiger partial charge on any atom is 0.306 e. The summed E-state index contributed by atoms with van der Waals surface area (Å²) in [7, 11) is 1.40. The average Bonchev–Trinajstić information content (AvgIpc) is 2.49. The van der Waals surface area contributed by atoms with Gasteiger partial charge in [-0.3, -0.25) is 4.79 Å². The van der Waals surface area contributed by atoms with Crippen LogP contribution in [0.2, 0.25) is 0 Å². The molecule has 0 atom stereocenters. The third kappa shape index (κ3) is 6.49. The molecule has 0 fully saturated rings. The zero-order chi connectivity index (χ0) is 15.5. The Hall–Kier alpha value is -1.75. The summed E-state index contributed by atoms with van der Waals surface area (Å²) in [4.78, 5) is 11.0. The van der Waals surface area contributed by atoms with Crippen molar-refractivity contribution in [2.45, 2.75) is 26.7 Å². The number of hydrogen-bond acceptors (Lipinski definition) is 5. The number of nitrogens with one attached hydrogen (secondary N) is 1. The fourth-order valence-corrected chi connectivity index (χ4v) is 1.90. The molecule has 0 amide bonds. The molecule has 1 aromatic rings. The lowest BCUT2D eigenvalue weighted by Gasteiger charge is -2.12. The Kier molecular flexibility index (Phi) is 8.28. The zero-order valence-corrected chi connectivity index (χ0v) is 13.1. The van der Waals surface area contributed by atoms with Gasteiger partial charge in [-0.05, 0) is 44.5 Å². The first kappa shape index (κ1) is 17.3. The first-order valence-corrected chi connectivity index (χ1v) is 7.37. The van der Waals surface area contributed by atoms with E-state index < -0.39 is 0 Å². The molecule has 0 aliphatic heterocycles. The molecular formula is C16H25NO4. The lowest BCUT2D eigenvalue weighted by atomic mass is 10.1. The standard InChI is InChI=1S/C16H25NO4/c1-4-20-14-7-6-13(12-15(14)21-5-2)8-10-17-11-9-16(18)19-3/h6-7,12,17H,4-5,8-11H2,1-3H3. The summed E-state index contributed by atoms with van der Waals surface area (Å²) >= 11 is 0. The van der Waals surface area contributed by atoms with Crippen LogP contribution in [0.1, 0.15) is 25.8 Å². The fraction of sp³-hybridized carbons (Fsp3) is 0.562. The Bertz CT molecular complexity index is 434. The Morgan fingerprint density at radius 3 is 2.48 bits per heavy atom. The van der Waals surface area contributed by atoms with Crippen LogP contribution >= 0.6 is 0 Å². The van der Waals surface area contributed by atoms with Crippen molar-refractivity contribution < 1.29 is 19.0 Å². The van der Waals surface area contributed by atoms with Crippen molar-refractivity contribution in [1.82, 2.24) is 5.32 Å². The summed E-state index contributed by atoms with van der Waals surface area (Å²) in [6.07, 6.45) is 1.26. The van der Waals surface area contributed by atoms with E-state index in [1.165, 1.54) is 12.7 Å². The smallest absolute Gasteiger partial charge is 0.306 e. The number of benzene rings is 1. The first-order chi connectivity index (χ1) is 10.2. The van der Waals surface area contributed by atoms with E-state index in [0.29, 0.717) is 26.2 Å². The average molecular weight is 295 g/mol. The second kappa shape index (κ2) is 10.0. The number of esters is 1. The zero-order valence-electron chi connectivity index (χ0n) is 13.1. The van der Waals surface area contributed by atoms with Gasteiger partial charge in [-0.2, -0.15) is 0 Å². The van der Waals surface area contributed by atoms with Crippen LogP contribution in [0.3, 0.4) is 0 Å². The number of ether oxygens (including phenoxy) is 3. The monoisotopic (exact) mass is 295 g/mol. The van der Waals surface area contributed by atoms with Gasteiger partial charge in [0.1, 0.15) is 0 Å². The van der Waals surface area contributed by atoms with Gasteiger partial charge in [-0.1, -0.05) is 6.07 Å². The van der Waals surface area contributed by atoms with Crippen molar-refractivity contribution >= 4 is 5.97 Å². The van der Waals surface area contributed by atoms with Crippen molar-refractivity contribution in [2.75, 3.05) is 33.4 Å². The van der Waals surface area contributed by atoms with Gasteiger partial charge in [0.05, 0.1) is 26.7 Å². The minimum absolute atomic E-state index is 0.192. The van der Waals surface area contributed by atoms with Gasteiger partial charge in [0.25, 0.3) is 0 Å². The molecule has 118 valence electrons. The Balaban J connectivity index is 2.44. The van der Waals surface area contributed by atoms with Crippen LogP contribution < -0.4 is 14.8 Å². The largest absolute Gasteiger partial charge is 0.490 e. The maximum atomic E-state index is 11.0. The van der Waals surface area contributed by atoms with Gasteiger partial charge < -0.3 is 19.5 Å². The first-order valence-electron chi connectivity index (χ1n) is 7.37. The Morgan fingerprint density at radius 2 is 1.81 bits per heavy atom. The highest BCUT2D eigenvalue weighted by molar-refractivity contribution is 5.69. The van der Waals surface area contributed by atoms with Crippen LogP contribution in [0.25, 0.3) is 0 Å². The molecule has 0 bridgehead atoms. The van der Waals surface area contributed by atoms with Crippen molar-refractivity contribution in [2.24, 2.45) is 0 Å². The quantitative estimate of drug-likeness (QED) is 0.529. The van der Waals surface area contributed by atoms with E-state index in [2.05, 4.69) is 10.1 Å². The summed E-state index contributed by atoms with van der Waals surface area (Å²) in [6, 6.07) is 5.99. The number of rotatable bonds is 10. The molecule has 0 unspecified atom stereocenters. The van der Waals surface area contributed by atoms with E-state index >= 15 is 0 Å². The number of hydrogen-bond donors (Lipinski definition) is 1. The van der Waals surface area contributed by atoms with Crippen LogP contribution in [0.4, 0.5) is 0 Å². The van der Waals surface area contributed by atoms with Gasteiger partial charge >= 0.3 is 5.97 Å². The van der Waals surface area contributed by atoms with E-state index in [0.717, 1.165) is 24.5 Å². The number of methoxy groups -OCH3 is 1. The lowest BCUT2D eigenvalue weighted by molar-refractivity contribution is -0.140. The van der Waals surface area contributed by atoms with Crippen LogP contribution in [-0.2, 0) is 16.0 Å². The van der Waals surface area contributed by atoms with Gasteiger partial charge in [0.2, 0.25) is 0 Å². The highest BCUT2D eigenvalue weighted by Crippen LogP contribution is 2.28. The Labute approximate surface area is 126 Å². The molecule has 1 rings (SSSR count). The van der Waals surface area contributed by atoms with Crippen LogP contribution in [0.15, 0.2) is 18.2 Å². The van der Waals surface area contributed by atoms with E-state index in [1.54, 1.807) is 0 Å². The fourth-order valence-electron chi connectivity index (χ4n) is 1.90. The molecule has 0 aliphatic rings. The van der Waals surface area contributed by atoms with Gasteiger partial charge in [0, 0.05) is 6.54 Å². The van der Waals surface area contributed by atoms with Crippen LogP contribution in [-0.4, -0.2) is 39.4 Å². The third-order valence-electron chi connectivity index (χ3n) is 2.93. The summed E-state index contributed by atoms with van der Waals surface area (Å²) < 4.78 is 15.7. The second-order valence-electron chi connectivity index (χ2n) is 4.47. The number of carbonyl (C=O) groups excluding carboxylic acids is 1.